The van der Waals surface area contributed by atoms with Crippen molar-refractivity contribution in [2.24, 2.45) is 0 Å². The van der Waals surface area contributed by atoms with Crippen molar-refractivity contribution in [2.45, 2.75) is 25.4 Å². The summed E-state index contributed by atoms with van der Waals surface area (Å²) in [5.74, 6) is -0.417. The van der Waals surface area contributed by atoms with E-state index >= 15 is 0 Å². The monoisotopic (exact) mass is 361 g/mol. The molecule has 0 bridgehead atoms. The third kappa shape index (κ3) is 2.93. The van der Waals surface area contributed by atoms with Crippen LogP contribution in [0.5, 0.6) is 0 Å². The van der Waals surface area contributed by atoms with Crippen molar-refractivity contribution in [2.75, 3.05) is 11.5 Å². The molecule has 130 valence electrons. The lowest BCUT2D eigenvalue weighted by Crippen LogP contribution is -2.43. The number of halogens is 1. The van der Waals surface area contributed by atoms with E-state index in [0.717, 1.165) is 4.90 Å². The first-order chi connectivity index (χ1) is 11.9. The Balaban J connectivity index is 1.94. The van der Waals surface area contributed by atoms with Gasteiger partial charge in [-0.2, -0.15) is 15.0 Å². The summed E-state index contributed by atoms with van der Waals surface area (Å²) < 4.78 is 0. The minimum absolute atomic E-state index is 0.0750. The molecule has 5 N–H and O–H groups in total. The molecule has 0 spiro atoms. The van der Waals surface area contributed by atoms with E-state index in [-0.39, 0.29) is 24.3 Å². The molecular formula is C15H16ClN7O2. The number of nitrogens with one attached hydrogen (secondary N) is 1. The third-order valence-electron chi connectivity index (χ3n) is 4.06. The smallest absolute Gasteiger partial charge is 0.325 e. The average Bonchev–Trinajstić information content (AvgIpc) is 2.80. The van der Waals surface area contributed by atoms with E-state index in [4.69, 9.17) is 23.1 Å². The molecule has 0 unspecified atom stereocenters. The molecular weight excluding hydrogens is 346 g/mol. The summed E-state index contributed by atoms with van der Waals surface area (Å²) in [5.41, 5.74) is 10.5. The van der Waals surface area contributed by atoms with Gasteiger partial charge < -0.3 is 16.8 Å². The second kappa shape index (κ2) is 6.17. The number of benzene rings is 1. The number of carbonyl (C=O) groups excluding carboxylic acids is 2. The Morgan fingerprint density at radius 2 is 1.72 bits per heavy atom. The Morgan fingerprint density at radius 3 is 2.28 bits per heavy atom. The summed E-state index contributed by atoms with van der Waals surface area (Å²) in [6.07, 6.45) is 0.372. The number of urea groups is 1. The van der Waals surface area contributed by atoms with E-state index in [9.17, 15) is 9.59 Å². The van der Waals surface area contributed by atoms with Crippen LogP contribution >= 0.6 is 11.6 Å². The topological polar surface area (TPSA) is 140 Å². The van der Waals surface area contributed by atoms with Gasteiger partial charge in [0.05, 0.1) is 6.54 Å². The quantitative estimate of drug-likeness (QED) is 0.691. The molecule has 2 aromatic rings. The fraction of sp³-hybridized carbons (Fsp3) is 0.267. The van der Waals surface area contributed by atoms with Crippen molar-refractivity contribution in [1.82, 2.24) is 25.2 Å². The minimum Gasteiger partial charge on any atom is -0.368 e. The lowest BCUT2D eigenvalue weighted by molar-refractivity contribution is -0.132. The molecule has 1 aromatic carbocycles. The van der Waals surface area contributed by atoms with Crippen LogP contribution < -0.4 is 16.8 Å². The van der Waals surface area contributed by atoms with E-state index in [1.54, 1.807) is 24.3 Å². The maximum absolute atomic E-state index is 13.0. The first kappa shape index (κ1) is 16.9. The molecule has 3 rings (SSSR count). The molecule has 1 aliphatic heterocycles. The Kier molecular flexibility index (Phi) is 4.17. The zero-order valence-electron chi connectivity index (χ0n) is 13.4. The number of anilines is 2. The van der Waals surface area contributed by atoms with Crippen molar-refractivity contribution < 1.29 is 9.59 Å². The highest BCUT2D eigenvalue weighted by Crippen LogP contribution is 2.33. The normalized spacial score (nSPS) is 20.0. The van der Waals surface area contributed by atoms with Crippen LogP contribution in [0.25, 0.3) is 0 Å². The third-order valence-corrected chi connectivity index (χ3v) is 4.31. The molecule has 1 aliphatic rings. The number of hydrogen-bond acceptors (Lipinski definition) is 7. The van der Waals surface area contributed by atoms with Gasteiger partial charge in [-0.3, -0.25) is 9.69 Å². The maximum Gasteiger partial charge on any atom is 0.325 e. The zero-order chi connectivity index (χ0) is 18.2. The lowest BCUT2D eigenvalue weighted by Gasteiger charge is -2.25. The fourth-order valence-corrected chi connectivity index (χ4v) is 2.94. The highest BCUT2D eigenvalue weighted by atomic mass is 35.5. The molecule has 0 saturated carbocycles. The second-order valence-corrected chi connectivity index (χ2v) is 5.99. The fourth-order valence-electron chi connectivity index (χ4n) is 2.81. The second-order valence-electron chi connectivity index (χ2n) is 5.56. The van der Waals surface area contributed by atoms with Crippen LogP contribution in [-0.4, -0.2) is 31.8 Å². The van der Waals surface area contributed by atoms with Crippen LogP contribution in [0.3, 0.4) is 0 Å². The number of nitrogen functional groups attached to an aromatic ring is 2. The lowest BCUT2D eigenvalue weighted by atomic mass is 9.87. The number of nitrogens with zero attached hydrogens (tertiary/aromatic N) is 4. The van der Waals surface area contributed by atoms with Gasteiger partial charge in [-0.15, -0.1) is 0 Å². The van der Waals surface area contributed by atoms with E-state index in [1.165, 1.54) is 0 Å². The summed E-state index contributed by atoms with van der Waals surface area (Å²) in [7, 11) is 0. The highest BCUT2D eigenvalue weighted by molar-refractivity contribution is 6.30. The summed E-state index contributed by atoms with van der Waals surface area (Å²) >= 11 is 5.91. The molecule has 0 radical (unpaired) electrons. The molecule has 9 nitrogen and oxygen atoms in total. The number of nitrogens with two attached hydrogens (primary N) is 2. The molecule has 2 heterocycles. The van der Waals surface area contributed by atoms with E-state index in [0.29, 0.717) is 17.0 Å². The summed E-state index contributed by atoms with van der Waals surface area (Å²) in [5, 5.41) is 3.30. The van der Waals surface area contributed by atoms with Crippen LogP contribution in [0.1, 0.15) is 24.7 Å². The summed E-state index contributed by atoms with van der Waals surface area (Å²) in [4.78, 5) is 37.9. The zero-order valence-corrected chi connectivity index (χ0v) is 14.1. The van der Waals surface area contributed by atoms with Crippen molar-refractivity contribution in [1.29, 1.82) is 0 Å². The number of hydrogen-bond donors (Lipinski definition) is 3. The van der Waals surface area contributed by atoms with Gasteiger partial charge in [-0.1, -0.05) is 30.7 Å². The van der Waals surface area contributed by atoms with Crippen molar-refractivity contribution in [3.8, 4) is 0 Å². The van der Waals surface area contributed by atoms with Gasteiger partial charge in [-0.25, -0.2) is 4.79 Å². The number of rotatable bonds is 4. The van der Waals surface area contributed by atoms with Crippen LogP contribution in [-0.2, 0) is 16.9 Å². The predicted octanol–water partition coefficient (Wildman–Crippen LogP) is 1.05. The average molecular weight is 362 g/mol. The van der Waals surface area contributed by atoms with Gasteiger partial charge in [0.15, 0.2) is 5.82 Å². The van der Waals surface area contributed by atoms with Crippen LogP contribution in [0, 0.1) is 0 Å². The summed E-state index contributed by atoms with van der Waals surface area (Å²) in [6, 6.07) is 6.23. The highest BCUT2D eigenvalue weighted by Gasteiger charge is 2.51. The molecule has 1 fully saturated rings. The maximum atomic E-state index is 13.0. The molecule has 1 atom stereocenters. The Hall–Kier alpha value is -2.94. The number of amides is 3. The van der Waals surface area contributed by atoms with Crippen molar-refractivity contribution in [3.63, 3.8) is 0 Å². The molecule has 10 heteroatoms. The van der Waals surface area contributed by atoms with Gasteiger partial charge in [-0.05, 0) is 24.1 Å². The van der Waals surface area contributed by atoms with E-state index in [2.05, 4.69) is 20.3 Å². The van der Waals surface area contributed by atoms with Gasteiger partial charge in [0.2, 0.25) is 11.9 Å². The Bertz CT molecular complexity index is 822. The number of carbonyl (C=O) groups is 2. The molecule has 0 aliphatic carbocycles. The minimum atomic E-state index is -1.16. The molecule has 25 heavy (non-hydrogen) atoms. The van der Waals surface area contributed by atoms with Crippen molar-refractivity contribution in [3.05, 3.63) is 40.7 Å². The first-order valence-corrected chi connectivity index (χ1v) is 7.89. The van der Waals surface area contributed by atoms with Crippen LogP contribution in [0.4, 0.5) is 16.7 Å². The van der Waals surface area contributed by atoms with Crippen LogP contribution in [0.15, 0.2) is 24.3 Å². The Labute approximate surface area is 148 Å². The van der Waals surface area contributed by atoms with Gasteiger partial charge in [0, 0.05) is 5.02 Å². The van der Waals surface area contributed by atoms with Crippen molar-refractivity contribution >= 4 is 35.4 Å². The molecule has 1 aromatic heterocycles. The standard InChI is InChI=1S/C15H16ClN7O2/c1-2-15(8-3-5-9(16)6-4-8)11(24)23(14(25)22-15)7-10-19-12(17)21-13(18)20-10/h3-6H,2,7H2,1H3,(H,22,25)(H4,17,18,19,20,21)/t15-/m0/s1. The van der Waals surface area contributed by atoms with Gasteiger partial charge in [0.25, 0.3) is 5.91 Å². The van der Waals surface area contributed by atoms with Gasteiger partial charge in [0.1, 0.15) is 5.54 Å². The largest absolute Gasteiger partial charge is 0.368 e. The SMILES string of the molecule is CC[C@@]1(c2ccc(Cl)cc2)NC(=O)N(Cc2nc(N)nc(N)n2)C1=O. The van der Waals surface area contributed by atoms with E-state index < -0.39 is 17.5 Å². The molecule has 1 saturated heterocycles. The predicted molar refractivity (Wildman–Crippen MR) is 91.2 cm³/mol. The first-order valence-electron chi connectivity index (χ1n) is 7.52. The van der Waals surface area contributed by atoms with Crippen LogP contribution in [0.2, 0.25) is 5.02 Å². The summed E-state index contributed by atoms with van der Waals surface area (Å²) in [6.45, 7) is 1.66. The van der Waals surface area contributed by atoms with E-state index in [1.807, 2.05) is 6.92 Å². The number of aromatic nitrogens is 3. The number of imide groups is 1. The Morgan fingerprint density at radius 1 is 1.12 bits per heavy atom. The van der Waals surface area contributed by atoms with Gasteiger partial charge >= 0.3 is 6.03 Å². The molecule has 3 amide bonds.